The monoisotopic (exact) mass is 650 g/mol. The van der Waals surface area contributed by atoms with Crippen molar-refractivity contribution in [3.05, 3.63) is 11.6 Å². The van der Waals surface area contributed by atoms with Crippen molar-refractivity contribution in [2.45, 2.75) is 155 Å². The second-order valence-electron chi connectivity index (χ2n) is 13.9. The summed E-state index contributed by atoms with van der Waals surface area (Å²) in [5.74, 6) is -4.72. The third-order valence-corrected chi connectivity index (χ3v) is 10.5. The van der Waals surface area contributed by atoms with E-state index >= 15 is 0 Å². The third-order valence-electron chi connectivity index (χ3n) is 10.5. The molecule has 258 valence electrons. The molecule has 12 nitrogen and oxygen atoms in total. The number of ether oxygens (including phenoxy) is 6. The molecule has 1 spiro atoms. The summed E-state index contributed by atoms with van der Waals surface area (Å²) < 4.78 is 36.2. The second-order valence-corrected chi connectivity index (χ2v) is 13.9. The van der Waals surface area contributed by atoms with Crippen LogP contribution in [0.25, 0.3) is 0 Å². The number of epoxide rings is 1. The topological polar surface area (TPSA) is 164 Å². The molecule has 2 heterocycles. The lowest BCUT2D eigenvalue weighted by molar-refractivity contribution is -0.245. The lowest BCUT2D eigenvalue weighted by atomic mass is 9.53. The minimum absolute atomic E-state index is 0.0325. The Bertz CT molecular complexity index is 1240. The quantitative estimate of drug-likeness (QED) is 0.119. The van der Waals surface area contributed by atoms with Crippen LogP contribution < -0.4 is 0 Å². The summed E-state index contributed by atoms with van der Waals surface area (Å²) in [7, 11) is 0. The fourth-order valence-electron chi connectivity index (χ4n) is 8.21. The molecule has 12 heteroatoms. The van der Waals surface area contributed by atoms with E-state index in [1.807, 2.05) is 0 Å². The fourth-order valence-corrected chi connectivity index (χ4v) is 8.21. The summed E-state index contributed by atoms with van der Waals surface area (Å²) in [6, 6.07) is 0. The van der Waals surface area contributed by atoms with Crippen LogP contribution in [0.4, 0.5) is 0 Å². The van der Waals surface area contributed by atoms with Crippen LogP contribution in [-0.4, -0.2) is 82.8 Å². The number of carbonyl (C=O) groups excluding carboxylic acids is 5. The van der Waals surface area contributed by atoms with Crippen LogP contribution in [0.1, 0.15) is 107 Å². The van der Waals surface area contributed by atoms with E-state index in [0.717, 1.165) is 25.7 Å². The van der Waals surface area contributed by atoms with Crippen molar-refractivity contribution in [3.63, 3.8) is 0 Å². The van der Waals surface area contributed by atoms with Gasteiger partial charge in [0.05, 0.1) is 11.5 Å². The Labute approximate surface area is 270 Å². The smallest absolute Gasteiger partial charge is 0.342 e. The molecular formula is C34H50O12. The number of fused-ring (bicyclic) bond motifs is 1. The molecule has 11 unspecified atom stereocenters. The Morgan fingerprint density at radius 1 is 0.935 bits per heavy atom. The molecule has 0 aromatic carbocycles. The Morgan fingerprint density at radius 2 is 1.54 bits per heavy atom. The maximum atomic E-state index is 13.3. The van der Waals surface area contributed by atoms with Gasteiger partial charge in [0, 0.05) is 46.0 Å². The summed E-state index contributed by atoms with van der Waals surface area (Å²) in [5.41, 5.74) is -3.75. The van der Waals surface area contributed by atoms with Crippen molar-refractivity contribution in [2.75, 3.05) is 0 Å². The van der Waals surface area contributed by atoms with Crippen LogP contribution in [0.15, 0.2) is 11.6 Å². The number of aliphatic hydroxyl groups is 1. The van der Waals surface area contributed by atoms with Crippen LogP contribution in [-0.2, 0) is 52.4 Å². The fraction of sp³-hybridized carbons (Fsp3) is 0.794. The van der Waals surface area contributed by atoms with E-state index in [0.29, 0.717) is 12.0 Å². The number of rotatable bonds is 10. The molecule has 4 rings (SSSR count). The van der Waals surface area contributed by atoms with E-state index in [4.69, 9.17) is 28.4 Å². The number of esters is 5. The van der Waals surface area contributed by atoms with Crippen molar-refractivity contribution in [2.24, 2.45) is 17.3 Å². The van der Waals surface area contributed by atoms with Gasteiger partial charge in [0.1, 0.15) is 24.4 Å². The van der Waals surface area contributed by atoms with E-state index in [-0.39, 0.29) is 19.3 Å². The molecule has 0 amide bonds. The van der Waals surface area contributed by atoms with E-state index in [2.05, 4.69) is 6.92 Å². The van der Waals surface area contributed by atoms with Crippen LogP contribution >= 0.6 is 0 Å². The second kappa shape index (κ2) is 13.6. The summed E-state index contributed by atoms with van der Waals surface area (Å²) in [6.07, 6.45) is -0.134. The van der Waals surface area contributed by atoms with E-state index < -0.39 is 94.9 Å². The minimum atomic E-state index is -1.49. The van der Waals surface area contributed by atoms with Crippen molar-refractivity contribution >= 4 is 29.8 Å². The molecule has 1 N–H and O–H groups in total. The van der Waals surface area contributed by atoms with E-state index in [1.54, 1.807) is 33.8 Å². The van der Waals surface area contributed by atoms with Gasteiger partial charge >= 0.3 is 29.8 Å². The Morgan fingerprint density at radius 3 is 2.13 bits per heavy atom. The maximum absolute atomic E-state index is 13.3. The number of aliphatic hydroxyl groups excluding tert-OH is 1. The Hall–Kier alpha value is -2.99. The predicted octanol–water partition coefficient (Wildman–Crippen LogP) is 3.88. The molecule has 3 fully saturated rings. The SMILES string of the molecule is CCCCCCCC(=O)OC1CC(C)=CC2OC(=O)C3(C)OC23C(OC(C)=O)C2C(C)C(O)CC(OC(C)=O)C2(C)C1OC(C)=O. The number of hydrogen-bond acceptors (Lipinski definition) is 12. The molecular weight excluding hydrogens is 600 g/mol. The molecule has 2 saturated heterocycles. The Kier molecular flexibility index (Phi) is 10.6. The maximum Gasteiger partial charge on any atom is 0.342 e. The normalized spacial score (nSPS) is 39.8. The van der Waals surface area contributed by atoms with Crippen molar-refractivity contribution in [1.29, 1.82) is 0 Å². The van der Waals surface area contributed by atoms with Crippen molar-refractivity contribution in [3.8, 4) is 0 Å². The number of unbranched alkanes of at least 4 members (excludes halogenated alkanes) is 4. The lowest BCUT2D eigenvalue weighted by Crippen LogP contribution is -2.68. The molecule has 0 radical (unpaired) electrons. The van der Waals surface area contributed by atoms with Gasteiger partial charge < -0.3 is 33.5 Å². The zero-order valence-electron chi connectivity index (χ0n) is 28.3. The summed E-state index contributed by atoms with van der Waals surface area (Å²) in [6.45, 7) is 12.6. The van der Waals surface area contributed by atoms with E-state index in [9.17, 15) is 29.1 Å². The molecule has 46 heavy (non-hydrogen) atoms. The summed E-state index contributed by atoms with van der Waals surface area (Å²) in [5, 5.41) is 11.4. The molecule has 0 aromatic rings. The average Bonchev–Trinajstić information content (AvgIpc) is 3.54. The number of hydrogen-bond donors (Lipinski definition) is 1. The molecule has 0 aromatic heterocycles. The largest absolute Gasteiger partial charge is 0.462 e. The van der Waals surface area contributed by atoms with Crippen LogP contribution in [0.5, 0.6) is 0 Å². The molecule has 0 bridgehead atoms. The van der Waals surface area contributed by atoms with Crippen LogP contribution in [0.3, 0.4) is 0 Å². The highest BCUT2D eigenvalue weighted by atomic mass is 16.7. The van der Waals surface area contributed by atoms with Gasteiger partial charge in [-0.05, 0) is 32.3 Å². The Balaban J connectivity index is 1.92. The van der Waals surface area contributed by atoms with Gasteiger partial charge in [-0.3, -0.25) is 19.2 Å². The predicted molar refractivity (Wildman–Crippen MR) is 162 cm³/mol. The van der Waals surface area contributed by atoms with Gasteiger partial charge in [0.25, 0.3) is 0 Å². The third kappa shape index (κ3) is 6.43. The molecule has 2 aliphatic heterocycles. The summed E-state index contributed by atoms with van der Waals surface area (Å²) in [4.78, 5) is 64.8. The van der Waals surface area contributed by atoms with Crippen molar-refractivity contribution in [1.82, 2.24) is 0 Å². The molecule has 4 aliphatic rings. The van der Waals surface area contributed by atoms with Gasteiger partial charge in [-0.2, -0.15) is 0 Å². The van der Waals surface area contributed by atoms with E-state index in [1.165, 1.54) is 20.8 Å². The van der Waals surface area contributed by atoms with Crippen LogP contribution in [0.2, 0.25) is 0 Å². The van der Waals surface area contributed by atoms with Gasteiger partial charge in [-0.25, -0.2) is 4.79 Å². The first-order valence-electron chi connectivity index (χ1n) is 16.5. The molecule has 1 saturated carbocycles. The molecule has 11 atom stereocenters. The van der Waals surface area contributed by atoms with Gasteiger partial charge in [0.2, 0.25) is 0 Å². The van der Waals surface area contributed by atoms with Gasteiger partial charge in [0.15, 0.2) is 17.3 Å². The highest BCUT2D eigenvalue weighted by Crippen LogP contribution is 2.66. The first-order valence-corrected chi connectivity index (χ1v) is 16.5. The van der Waals surface area contributed by atoms with Gasteiger partial charge in [-0.1, -0.05) is 52.0 Å². The summed E-state index contributed by atoms with van der Waals surface area (Å²) >= 11 is 0. The highest BCUT2D eigenvalue weighted by molar-refractivity contribution is 5.89. The standard InChI is InChI=1S/C34H50O12/c1-9-10-11-12-13-14-27(39)44-24-15-18(2)16-26-34(33(8,46-34)31(40)45-26)30(43-22(6)37)28-19(3)23(38)17-25(41-20(4)35)32(28,7)29(24)42-21(5)36/h16,19,23-26,28-30,38H,9-15,17H2,1-8H3. The average molecular weight is 651 g/mol. The number of carbonyl (C=O) groups is 5. The lowest BCUT2D eigenvalue weighted by Gasteiger charge is -2.57. The zero-order valence-corrected chi connectivity index (χ0v) is 28.3. The first kappa shape index (κ1) is 35.9. The highest BCUT2D eigenvalue weighted by Gasteiger charge is 2.87. The molecule has 2 aliphatic carbocycles. The van der Waals surface area contributed by atoms with Crippen LogP contribution in [0, 0.1) is 17.3 Å². The zero-order chi connectivity index (χ0) is 34.2. The minimum Gasteiger partial charge on any atom is -0.462 e. The van der Waals surface area contributed by atoms with Gasteiger partial charge in [-0.15, -0.1) is 0 Å². The first-order chi connectivity index (χ1) is 21.5. The van der Waals surface area contributed by atoms with Crippen molar-refractivity contribution < 1.29 is 57.5 Å².